The Morgan fingerprint density at radius 2 is 1.76 bits per heavy atom. The van der Waals surface area contributed by atoms with Crippen molar-refractivity contribution in [2.45, 2.75) is 32.6 Å². The number of aryl methyl sites for hydroxylation is 2. The van der Waals surface area contributed by atoms with E-state index in [9.17, 15) is 4.79 Å². The number of fused-ring (bicyclic) bond motifs is 1. The number of carbonyl (C=O) groups is 1. The van der Waals surface area contributed by atoms with Gasteiger partial charge in [-0.15, -0.1) is 0 Å². The van der Waals surface area contributed by atoms with E-state index >= 15 is 0 Å². The Labute approximate surface area is 147 Å². The predicted octanol–water partition coefficient (Wildman–Crippen LogP) is 4.46. The second kappa shape index (κ2) is 6.36. The summed E-state index contributed by atoms with van der Waals surface area (Å²) in [6.45, 7) is 5.55. The van der Waals surface area contributed by atoms with Crippen LogP contribution in [0.25, 0.3) is 11.1 Å². The molecular formula is C21H22N2O2. The van der Waals surface area contributed by atoms with Gasteiger partial charge in [0.1, 0.15) is 5.52 Å². The van der Waals surface area contributed by atoms with Crippen molar-refractivity contribution in [2.24, 2.45) is 0 Å². The fraction of sp³-hybridized carbons (Fsp3) is 0.333. The van der Waals surface area contributed by atoms with Gasteiger partial charge in [0, 0.05) is 24.6 Å². The molecule has 0 unspecified atom stereocenters. The second-order valence-electron chi connectivity index (χ2n) is 6.96. The molecule has 0 bridgehead atoms. The molecule has 2 aromatic carbocycles. The lowest BCUT2D eigenvalue weighted by Gasteiger charge is -2.30. The summed E-state index contributed by atoms with van der Waals surface area (Å²) in [7, 11) is 0. The van der Waals surface area contributed by atoms with Crippen LogP contribution in [0.4, 0.5) is 0 Å². The maximum Gasteiger partial charge on any atom is 0.253 e. The number of carbonyl (C=O) groups excluding carboxylic acids is 1. The topological polar surface area (TPSA) is 46.3 Å². The molecule has 3 aromatic rings. The van der Waals surface area contributed by atoms with Gasteiger partial charge in [-0.05, 0) is 51.0 Å². The smallest absolute Gasteiger partial charge is 0.253 e. The van der Waals surface area contributed by atoms with E-state index in [1.807, 2.05) is 55.1 Å². The van der Waals surface area contributed by atoms with Crippen LogP contribution in [0.15, 0.2) is 46.9 Å². The van der Waals surface area contributed by atoms with Crippen molar-refractivity contribution < 1.29 is 9.21 Å². The highest BCUT2D eigenvalue weighted by molar-refractivity contribution is 5.94. The molecule has 0 aliphatic carbocycles. The lowest BCUT2D eigenvalue weighted by molar-refractivity contribution is 0.0706. The molecule has 1 aliphatic heterocycles. The van der Waals surface area contributed by atoms with Crippen LogP contribution in [-0.4, -0.2) is 28.9 Å². The number of likely N-dealkylation sites (tertiary alicyclic amines) is 1. The Morgan fingerprint density at radius 1 is 1.08 bits per heavy atom. The molecule has 128 valence electrons. The Morgan fingerprint density at radius 3 is 2.44 bits per heavy atom. The molecule has 1 aliphatic rings. The molecule has 4 rings (SSSR count). The van der Waals surface area contributed by atoms with Crippen LogP contribution in [0.1, 0.15) is 46.1 Å². The van der Waals surface area contributed by atoms with Crippen LogP contribution in [0, 0.1) is 13.8 Å². The van der Waals surface area contributed by atoms with Crippen molar-refractivity contribution in [1.29, 1.82) is 0 Å². The van der Waals surface area contributed by atoms with E-state index in [1.54, 1.807) is 0 Å². The normalized spacial score (nSPS) is 15.7. The number of piperidine rings is 1. The Hall–Kier alpha value is -2.62. The average Bonchev–Trinajstić information content (AvgIpc) is 3.04. The first-order valence-corrected chi connectivity index (χ1v) is 8.83. The van der Waals surface area contributed by atoms with Crippen molar-refractivity contribution in [1.82, 2.24) is 9.88 Å². The molecule has 1 fully saturated rings. The highest BCUT2D eigenvalue weighted by Gasteiger charge is 2.27. The average molecular weight is 334 g/mol. The fourth-order valence-corrected chi connectivity index (χ4v) is 3.67. The highest BCUT2D eigenvalue weighted by atomic mass is 16.3. The van der Waals surface area contributed by atoms with Crippen LogP contribution in [0.3, 0.4) is 0 Å². The van der Waals surface area contributed by atoms with Gasteiger partial charge in [0.15, 0.2) is 11.5 Å². The van der Waals surface area contributed by atoms with Gasteiger partial charge in [-0.2, -0.15) is 0 Å². The minimum Gasteiger partial charge on any atom is -0.440 e. The van der Waals surface area contributed by atoms with E-state index in [1.165, 1.54) is 0 Å². The maximum absolute atomic E-state index is 12.8. The molecule has 0 spiro atoms. The number of nitrogens with zero attached hydrogens (tertiary/aromatic N) is 2. The van der Waals surface area contributed by atoms with Crippen LogP contribution in [-0.2, 0) is 0 Å². The maximum atomic E-state index is 12.8. The number of hydrogen-bond acceptors (Lipinski definition) is 3. The first-order valence-electron chi connectivity index (χ1n) is 8.83. The second-order valence-corrected chi connectivity index (χ2v) is 6.96. The molecule has 1 aromatic heterocycles. The van der Waals surface area contributed by atoms with Gasteiger partial charge >= 0.3 is 0 Å². The zero-order valence-corrected chi connectivity index (χ0v) is 14.7. The zero-order chi connectivity index (χ0) is 17.4. The van der Waals surface area contributed by atoms with Gasteiger partial charge in [0.05, 0.1) is 0 Å². The molecular weight excluding hydrogens is 312 g/mol. The van der Waals surface area contributed by atoms with E-state index in [0.717, 1.165) is 59.6 Å². The van der Waals surface area contributed by atoms with Gasteiger partial charge in [-0.3, -0.25) is 4.79 Å². The van der Waals surface area contributed by atoms with E-state index in [-0.39, 0.29) is 11.8 Å². The standard InChI is InChI=1S/C21H22N2O2/c1-14-11-15(2)13-17(12-14)21(24)23-9-7-16(8-10-23)20-22-18-5-3-4-6-19(18)25-20/h3-6,11-13,16H,7-10H2,1-2H3. The third kappa shape index (κ3) is 3.16. The number of hydrogen-bond donors (Lipinski definition) is 0. The van der Waals surface area contributed by atoms with Crippen molar-refractivity contribution in [3.05, 3.63) is 65.0 Å². The summed E-state index contributed by atoms with van der Waals surface area (Å²) in [5.74, 6) is 1.22. The summed E-state index contributed by atoms with van der Waals surface area (Å²) >= 11 is 0. The fourth-order valence-electron chi connectivity index (χ4n) is 3.67. The summed E-state index contributed by atoms with van der Waals surface area (Å²) in [5, 5.41) is 0. The van der Waals surface area contributed by atoms with E-state index in [0.29, 0.717) is 0 Å². The van der Waals surface area contributed by atoms with Gasteiger partial charge in [-0.25, -0.2) is 4.98 Å². The Balaban J connectivity index is 1.46. The Kier molecular flexibility index (Phi) is 4.04. The van der Waals surface area contributed by atoms with Gasteiger partial charge < -0.3 is 9.32 Å². The highest BCUT2D eigenvalue weighted by Crippen LogP contribution is 2.30. The molecule has 1 saturated heterocycles. The zero-order valence-electron chi connectivity index (χ0n) is 14.7. The third-order valence-electron chi connectivity index (χ3n) is 4.91. The molecule has 2 heterocycles. The molecule has 4 nitrogen and oxygen atoms in total. The van der Waals surface area contributed by atoms with E-state index < -0.39 is 0 Å². The largest absolute Gasteiger partial charge is 0.440 e. The van der Waals surface area contributed by atoms with Gasteiger partial charge in [0.25, 0.3) is 5.91 Å². The molecule has 1 amide bonds. The van der Waals surface area contributed by atoms with Crippen LogP contribution >= 0.6 is 0 Å². The molecule has 0 saturated carbocycles. The summed E-state index contributed by atoms with van der Waals surface area (Å²) in [6, 6.07) is 13.9. The summed E-state index contributed by atoms with van der Waals surface area (Å²) in [6.07, 6.45) is 1.78. The number of aromatic nitrogens is 1. The van der Waals surface area contributed by atoms with Crippen LogP contribution < -0.4 is 0 Å². The third-order valence-corrected chi connectivity index (χ3v) is 4.91. The number of amides is 1. The monoisotopic (exact) mass is 334 g/mol. The number of benzene rings is 2. The van der Waals surface area contributed by atoms with Crippen LogP contribution in [0.5, 0.6) is 0 Å². The predicted molar refractivity (Wildman–Crippen MR) is 97.8 cm³/mol. The van der Waals surface area contributed by atoms with Crippen molar-refractivity contribution in [3.8, 4) is 0 Å². The Bertz CT molecular complexity index is 867. The quantitative estimate of drug-likeness (QED) is 0.695. The first-order chi connectivity index (χ1) is 12.1. The molecule has 0 N–H and O–H groups in total. The van der Waals surface area contributed by atoms with E-state index in [2.05, 4.69) is 11.1 Å². The number of oxazole rings is 1. The number of rotatable bonds is 2. The number of para-hydroxylation sites is 2. The molecule has 25 heavy (non-hydrogen) atoms. The lowest BCUT2D eigenvalue weighted by Crippen LogP contribution is -2.38. The van der Waals surface area contributed by atoms with Crippen molar-refractivity contribution >= 4 is 17.0 Å². The van der Waals surface area contributed by atoms with Gasteiger partial charge in [-0.1, -0.05) is 29.3 Å². The minimum atomic E-state index is 0.128. The summed E-state index contributed by atoms with van der Waals surface area (Å²) < 4.78 is 5.90. The van der Waals surface area contributed by atoms with Crippen molar-refractivity contribution in [2.75, 3.05) is 13.1 Å². The van der Waals surface area contributed by atoms with Crippen molar-refractivity contribution in [3.63, 3.8) is 0 Å². The molecule has 4 heteroatoms. The van der Waals surface area contributed by atoms with E-state index in [4.69, 9.17) is 4.42 Å². The minimum absolute atomic E-state index is 0.128. The summed E-state index contributed by atoms with van der Waals surface area (Å²) in [5.41, 5.74) is 4.80. The van der Waals surface area contributed by atoms with Crippen LogP contribution in [0.2, 0.25) is 0 Å². The SMILES string of the molecule is Cc1cc(C)cc(C(=O)N2CCC(c3nc4ccccc4o3)CC2)c1. The van der Waals surface area contributed by atoms with Gasteiger partial charge in [0.2, 0.25) is 0 Å². The molecule has 0 radical (unpaired) electrons. The molecule has 0 atom stereocenters. The summed E-state index contributed by atoms with van der Waals surface area (Å²) in [4.78, 5) is 19.3. The lowest BCUT2D eigenvalue weighted by atomic mass is 9.96. The first kappa shape index (κ1) is 15.9.